The molecule has 5 heteroatoms. The molecule has 0 unspecified atom stereocenters. The van der Waals surface area contributed by atoms with E-state index in [0.29, 0.717) is 5.69 Å². The zero-order valence-electron chi connectivity index (χ0n) is 11.4. The average Bonchev–Trinajstić information content (AvgIpc) is 2.98. The van der Waals surface area contributed by atoms with Gasteiger partial charge < -0.3 is 9.84 Å². The molecule has 0 fully saturated rings. The summed E-state index contributed by atoms with van der Waals surface area (Å²) in [6.45, 7) is 3.99. The molecule has 4 nitrogen and oxygen atoms in total. The van der Waals surface area contributed by atoms with Crippen molar-refractivity contribution in [1.29, 1.82) is 0 Å². The predicted octanol–water partition coefficient (Wildman–Crippen LogP) is 3.34. The van der Waals surface area contributed by atoms with E-state index in [4.69, 9.17) is 9.84 Å². The summed E-state index contributed by atoms with van der Waals surface area (Å²) in [6.07, 6.45) is 2.05. The molecule has 0 amide bonds. The van der Waals surface area contributed by atoms with Crippen molar-refractivity contribution >= 4 is 16.3 Å². The normalized spacial score (nSPS) is 11.4. The molecule has 0 aliphatic heterocycles. The number of benzene rings is 1. The van der Waals surface area contributed by atoms with Crippen LogP contribution in [0.15, 0.2) is 35.8 Å². The maximum Gasteiger partial charge on any atom is 0.194 e. The predicted molar refractivity (Wildman–Crippen MR) is 80.2 cm³/mol. The van der Waals surface area contributed by atoms with Crippen molar-refractivity contribution in [2.45, 2.75) is 26.6 Å². The number of hydrogen-bond acceptors (Lipinski definition) is 4. The minimum atomic E-state index is -0.0327. The quantitative estimate of drug-likeness (QED) is 0.801. The van der Waals surface area contributed by atoms with Gasteiger partial charge >= 0.3 is 0 Å². The molecular formula is C15H16N2O2S. The fraction of sp³-hybridized carbons (Fsp3) is 0.267. The summed E-state index contributed by atoms with van der Waals surface area (Å²) < 4.78 is 7.65. The van der Waals surface area contributed by atoms with Crippen LogP contribution in [0, 0.1) is 0 Å². The van der Waals surface area contributed by atoms with Gasteiger partial charge in [0, 0.05) is 11.6 Å². The summed E-state index contributed by atoms with van der Waals surface area (Å²) in [7, 11) is 0. The molecule has 2 aromatic heterocycles. The lowest BCUT2D eigenvalue weighted by molar-refractivity contribution is 0.242. The van der Waals surface area contributed by atoms with Crippen LogP contribution in [0.5, 0.6) is 5.75 Å². The molecule has 0 saturated carbocycles. The van der Waals surface area contributed by atoms with Crippen molar-refractivity contribution in [3.8, 4) is 17.0 Å². The van der Waals surface area contributed by atoms with Gasteiger partial charge in [-0.3, -0.25) is 4.40 Å². The molecule has 1 aromatic carbocycles. The van der Waals surface area contributed by atoms with Gasteiger partial charge in [0.1, 0.15) is 5.75 Å². The Bertz CT molecular complexity index is 713. The Morgan fingerprint density at radius 1 is 1.30 bits per heavy atom. The van der Waals surface area contributed by atoms with E-state index in [1.807, 2.05) is 48.7 Å². The smallest absolute Gasteiger partial charge is 0.194 e. The van der Waals surface area contributed by atoms with Crippen molar-refractivity contribution in [1.82, 2.24) is 9.38 Å². The second-order valence-corrected chi connectivity index (χ2v) is 5.69. The molecule has 0 spiro atoms. The number of imidazole rings is 1. The van der Waals surface area contributed by atoms with Crippen molar-refractivity contribution in [2.24, 2.45) is 0 Å². The van der Waals surface area contributed by atoms with Crippen molar-refractivity contribution in [2.75, 3.05) is 0 Å². The number of nitrogens with zero attached hydrogens (tertiary/aromatic N) is 2. The van der Waals surface area contributed by atoms with Gasteiger partial charge in [0.15, 0.2) is 4.96 Å². The molecule has 0 aliphatic rings. The first-order valence-electron chi connectivity index (χ1n) is 6.51. The summed E-state index contributed by atoms with van der Waals surface area (Å²) in [4.78, 5) is 5.24. The Morgan fingerprint density at radius 2 is 2.05 bits per heavy atom. The Kier molecular flexibility index (Phi) is 3.46. The molecule has 0 aliphatic carbocycles. The lowest BCUT2D eigenvalue weighted by atomic mass is 10.1. The van der Waals surface area contributed by atoms with E-state index in [9.17, 15) is 0 Å². The lowest BCUT2D eigenvalue weighted by Gasteiger charge is -2.09. The van der Waals surface area contributed by atoms with Crippen LogP contribution in [0.4, 0.5) is 0 Å². The Labute approximate surface area is 121 Å². The number of aliphatic hydroxyl groups excluding tert-OH is 1. The summed E-state index contributed by atoms with van der Waals surface area (Å²) >= 11 is 1.57. The monoisotopic (exact) mass is 288 g/mol. The first-order chi connectivity index (χ1) is 9.67. The Balaban J connectivity index is 1.95. The van der Waals surface area contributed by atoms with E-state index >= 15 is 0 Å². The van der Waals surface area contributed by atoms with Crippen LogP contribution in [0.25, 0.3) is 16.2 Å². The average molecular weight is 288 g/mol. The summed E-state index contributed by atoms with van der Waals surface area (Å²) in [5, 5.41) is 11.2. The molecular weight excluding hydrogens is 272 g/mol. The van der Waals surface area contributed by atoms with Gasteiger partial charge in [-0.2, -0.15) is 0 Å². The van der Waals surface area contributed by atoms with Crippen molar-refractivity contribution in [3.63, 3.8) is 0 Å². The molecule has 0 saturated heterocycles. The first-order valence-corrected chi connectivity index (χ1v) is 7.39. The number of rotatable bonds is 4. The highest BCUT2D eigenvalue weighted by atomic mass is 32.1. The third-order valence-electron chi connectivity index (χ3n) is 2.94. The molecule has 0 radical (unpaired) electrons. The summed E-state index contributed by atoms with van der Waals surface area (Å²) in [6, 6.07) is 8.03. The topological polar surface area (TPSA) is 46.8 Å². The minimum absolute atomic E-state index is 0.0327. The zero-order valence-corrected chi connectivity index (χ0v) is 12.2. The maximum absolute atomic E-state index is 9.15. The summed E-state index contributed by atoms with van der Waals surface area (Å²) in [5.74, 6) is 0.872. The largest absolute Gasteiger partial charge is 0.491 e. The number of ether oxygens (including phenoxy) is 1. The highest BCUT2D eigenvalue weighted by molar-refractivity contribution is 7.15. The molecule has 20 heavy (non-hydrogen) atoms. The van der Waals surface area contributed by atoms with Crippen molar-refractivity contribution < 1.29 is 9.84 Å². The molecule has 2 heterocycles. The number of hydrogen-bond donors (Lipinski definition) is 1. The van der Waals surface area contributed by atoms with Crippen LogP contribution in [0.1, 0.15) is 19.5 Å². The Hall–Kier alpha value is -1.85. The number of thiazole rings is 1. The van der Waals surface area contributed by atoms with Crippen LogP contribution in [0.3, 0.4) is 0 Å². The van der Waals surface area contributed by atoms with Crippen LogP contribution < -0.4 is 4.74 Å². The fourth-order valence-electron chi connectivity index (χ4n) is 2.09. The molecule has 3 aromatic rings. The van der Waals surface area contributed by atoms with E-state index < -0.39 is 0 Å². The first kappa shape index (κ1) is 13.1. The van der Waals surface area contributed by atoms with Gasteiger partial charge in [-0.25, -0.2) is 4.98 Å². The fourth-order valence-corrected chi connectivity index (χ4v) is 2.99. The van der Waals surface area contributed by atoms with Gasteiger partial charge in [0.05, 0.1) is 24.1 Å². The molecule has 0 bridgehead atoms. The van der Waals surface area contributed by atoms with E-state index in [-0.39, 0.29) is 12.7 Å². The van der Waals surface area contributed by atoms with Gasteiger partial charge in [-0.1, -0.05) is 0 Å². The highest BCUT2D eigenvalue weighted by Crippen LogP contribution is 2.28. The number of aliphatic hydroxyl groups is 1. The van der Waals surface area contributed by atoms with Crippen LogP contribution in [-0.4, -0.2) is 20.6 Å². The molecule has 3 rings (SSSR count). The van der Waals surface area contributed by atoms with Crippen molar-refractivity contribution in [3.05, 3.63) is 41.5 Å². The molecule has 104 valence electrons. The van der Waals surface area contributed by atoms with Gasteiger partial charge in [-0.15, -0.1) is 11.3 Å². The van der Waals surface area contributed by atoms with Gasteiger partial charge in [-0.05, 0) is 43.7 Å². The van der Waals surface area contributed by atoms with E-state index in [1.165, 1.54) is 0 Å². The molecule has 0 atom stereocenters. The van der Waals surface area contributed by atoms with Crippen LogP contribution >= 0.6 is 11.3 Å². The van der Waals surface area contributed by atoms with E-state index in [2.05, 4.69) is 10.4 Å². The van der Waals surface area contributed by atoms with Crippen LogP contribution in [0.2, 0.25) is 0 Å². The SMILES string of the molecule is CC(C)Oc1ccc(-c2csc3nc(CO)cn23)cc1. The maximum atomic E-state index is 9.15. The third-order valence-corrected chi connectivity index (χ3v) is 3.78. The molecule has 1 N–H and O–H groups in total. The number of fused-ring (bicyclic) bond motifs is 1. The third kappa shape index (κ3) is 2.42. The van der Waals surface area contributed by atoms with Gasteiger partial charge in [0.2, 0.25) is 0 Å². The highest BCUT2D eigenvalue weighted by Gasteiger charge is 2.09. The zero-order chi connectivity index (χ0) is 14.1. The van der Waals surface area contributed by atoms with Gasteiger partial charge in [0.25, 0.3) is 0 Å². The minimum Gasteiger partial charge on any atom is -0.491 e. The summed E-state index contributed by atoms with van der Waals surface area (Å²) in [5.41, 5.74) is 2.88. The number of aromatic nitrogens is 2. The van der Waals surface area contributed by atoms with E-state index in [0.717, 1.165) is 22.0 Å². The van der Waals surface area contributed by atoms with E-state index in [1.54, 1.807) is 11.3 Å². The standard InChI is InChI=1S/C15H16N2O2S/c1-10(2)19-13-5-3-11(4-6-13)14-9-20-15-16-12(8-18)7-17(14)15/h3-7,9-10,18H,8H2,1-2H3. The second kappa shape index (κ2) is 5.26. The lowest BCUT2D eigenvalue weighted by Crippen LogP contribution is -2.05. The van der Waals surface area contributed by atoms with Crippen LogP contribution in [-0.2, 0) is 6.61 Å². The Morgan fingerprint density at radius 3 is 2.70 bits per heavy atom. The second-order valence-electron chi connectivity index (χ2n) is 4.85.